The Morgan fingerprint density at radius 2 is 2.03 bits per heavy atom. The SMILES string of the molecule is CN=C(NCC(C)CN(C)C(=O)OC(C)(C)C)N1CCN(Cc2ccon2)CC1.I. The molecule has 1 unspecified atom stereocenters. The van der Waals surface area contributed by atoms with Gasteiger partial charge in [-0.1, -0.05) is 12.1 Å². The molecule has 1 aliphatic rings. The van der Waals surface area contributed by atoms with Crippen molar-refractivity contribution in [3.05, 3.63) is 18.0 Å². The van der Waals surface area contributed by atoms with Gasteiger partial charge in [0.2, 0.25) is 0 Å². The van der Waals surface area contributed by atoms with Crippen LogP contribution in [-0.2, 0) is 11.3 Å². The minimum Gasteiger partial charge on any atom is -0.444 e. The van der Waals surface area contributed by atoms with Crippen LogP contribution >= 0.6 is 24.0 Å². The Kier molecular flexibility index (Phi) is 10.9. The van der Waals surface area contributed by atoms with E-state index in [-0.39, 0.29) is 36.0 Å². The fourth-order valence-corrected chi connectivity index (χ4v) is 3.21. The summed E-state index contributed by atoms with van der Waals surface area (Å²) in [5.41, 5.74) is 0.480. The van der Waals surface area contributed by atoms with Crippen molar-refractivity contribution < 1.29 is 14.1 Å². The monoisotopic (exact) mass is 536 g/mol. The van der Waals surface area contributed by atoms with Gasteiger partial charge >= 0.3 is 6.09 Å². The summed E-state index contributed by atoms with van der Waals surface area (Å²) >= 11 is 0. The van der Waals surface area contributed by atoms with Crippen molar-refractivity contribution in [1.29, 1.82) is 0 Å². The van der Waals surface area contributed by atoms with E-state index < -0.39 is 5.60 Å². The number of halogens is 1. The maximum atomic E-state index is 12.1. The number of piperazine rings is 1. The number of nitrogens with one attached hydrogen (secondary N) is 1. The molecule has 2 rings (SSSR count). The smallest absolute Gasteiger partial charge is 0.410 e. The van der Waals surface area contributed by atoms with Crippen LogP contribution in [0.5, 0.6) is 0 Å². The Morgan fingerprint density at radius 1 is 1.37 bits per heavy atom. The molecular formula is C20H37IN6O3. The summed E-state index contributed by atoms with van der Waals surface area (Å²) in [5.74, 6) is 1.16. The highest BCUT2D eigenvalue weighted by Gasteiger charge is 2.22. The summed E-state index contributed by atoms with van der Waals surface area (Å²) in [6.07, 6.45) is 1.32. The molecule has 0 spiro atoms. The number of nitrogens with zero attached hydrogens (tertiary/aromatic N) is 5. The molecule has 0 aromatic carbocycles. The average molecular weight is 536 g/mol. The molecular weight excluding hydrogens is 499 g/mol. The van der Waals surface area contributed by atoms with E-state index in [0.29, 0.717) is 6.54 Å². The minimum absolute atomic E-state index is 0. The molecule has 172 valence electrons. The molecule has 0 bridgehead atoms. The van der Waals surface area contributed by atoms with Gasteiger partial charge in [0.25, 0.3) is 0 Å². The molecule has 0 aliphatic carbocycles. The second-order valence-corrected chi connectivity index (χ2v) is 8.65. The zero-order valence-electron chi connectivity index (χ0n) is 19.1. The molecule has 1 amide bonds. The van der Waals surface area contributed by atoms with E-state index in [1.165, 1.54) is 0 Å². The normalized spacial score (nSPS) is 16.6. The van der Waals surface area contributed by atoms with Crippen molar-refractivity contribution in [3.63, 3.8) is 0 Å². The predicted octanol–water partition coefficient (Wildman–Crippen LogP) is 2.49. The molecule has 1 N–H and O–H groups in total. The summed E-state index contributed by atoms with van der Waals surface area (Å²) in [6.45, 7) is 13.6. The number of ether oxygens (including phenoxy) is 1. The van der Waals surface area contributed by atoms with Crippen LogP contribution in [0.25, 0.3) is 0 Å². The number of amides is 1. The molecule has 0 saturated carbocycles. The highest BCUT2D eigenvalue weighted by Crippen LogP contribution is 2.11. The summed E-state index contributed by atoms with van der Waals surface area (Å²) in [5, 5.41) is 7.42. The zero-order chi connectivity index (χ0) is 21.4. The molecule has 1 atom stereocenters. The molecule has 9 nitrogen and oxygen atoms in total. The Bertz CT molecular complexity index is 654. The van der Waals surface area contributed by atoms with Crippen LogP contribution in [0.15, 0.2) is 21.8 Å². The van der Waals surface area contributed by atoms with Gasteiger partial charge in [0.1, 0.15) is 11.9 Å². The maximum absolute atomic E-state index is 12.1. The number of hydrogen-bond acceptors (Lipinski definition) is 6. The van der Waals surface area contributed by atoms with E-state index in [1.807, 2.05) is 33.9 Å². The maximum Gasteiger partial charge on any atom is 0.410 e. The van der Waals surface area contributed by atoms with Gasteiger partial charge in [-0.2, -0.15) is 0 Å². The molecule has 30 heavy (non-hydrogen) atoms. The van der Waals surface area contributed by atoms with Crippen LogP contribution in [0.3, 0.4) is 0 Å². The summed E-state index contributed by atoms with van der Waals surface area (Å²) < 4.78 is 10.3. The van der Waals surface area contributed by atoms with Crippen LogP contribution in [0, 0.1) is 5.92 Å². The van der Waals surface area contributed by atoms with E-state index in [4.69, 9.17) is 9.26 Å². The predicted molar refractivity (Wildman–Crippen MR) is 128 cm³/mol. The van der Waals surface area contributed by atoms with E-state index in [1.54, 1.807) is 18.2 Å². The molecule has 1 aromatic heterocycles. The second-order valence-electron chi connectivity index (χ2n) is 8.65. The van der Waals surface area contributed by atoms with Gasteiger partial charge in [0.05, 0.1) is 5.69 Å². The number of carbonyl (C=O) groups excluding carboxylic acids is 1. The van der Waals surface area contributed by atoms with Crippen molar-refractivity contribution in [2.45, 2.75) is 39.8 Å². The Balaban J connectivity index is 0.00000450. The molecule has 1 fully saturated rings. The molecule has 2 heterocycles. The van der Waals surface area contributed by atoms with E-state index in [2.05, 4.69) is 32.2 Å². The lowest BCUT2D eigenvalue weighted by Crippen LogP contribution is -2.53. The summed E-state index contributed by atoms with van der Waals surface area (Å²) in [4.78, 5) is 22.8. The number of rotatable bonds is 6. The highest BCUT2D eigenvalue weighted by atomic mass is 127. The first-order valence-electron chi connectivity index (χ1n) is 10.2. The zero-order valence-corrected chi connectivity index (χ0v) is 21.4. The molecule has 1 aliphatic heterocycles. The van der Waals surface area contributed by atoms with Crippen molar-refractivity contribution in [2.75, 3.05) is 53.4 Å². The lowest BCUT2D eigenvalue weighted by Gasteiger charge is -2.36. The number of carbonyl (C=O) groups is 1. The molecule has 1 aromatic rings. The Hall–Kier alpha value is -1.56. The molecule has 1 saturated heterocycles. The minimum atomic E-state index is -0.481. The summed E-state index contributed by atoms with van der Waals surface area (Å²) in [6, 6.07) is 1.91. The number of guanidine groups is 1. The lowest BCUT2D eigenvalue weighted by atomic mass is 10.1. The van der Waals surface area contributed by atoms with E-state index in [9.17, 15) is 4.79 Å². The van der Waals surface area contributed by atoms with Gasteiger partial charge in [0.15, 0.2) is 5.96 Å². The van der Waals surface area contributed by atoms with Crippen LogP contribution < -0.4 is 5.32 Å². The second kappa shape index (κ2) is 12.3. The Morgan fingerprint density at radius 3 is 2.57 bits per heavy atom. The van der Waals surface area contributed by atoms with E-state index >= 15 is 0 Å². The Labute approximate surface area is 197 Å². The van der Waals surface area contributed by atoms with Crippen LogP contribution in [0.4, 0.5) is 4.79 Å². The first kappa shape index (κ1) is 26.5. The van der Waals surface area contributed by atoms with Crippen molar-refractivity contribution in [2.24, 2.45) is 10.9 Å². The third-order valence-corrected chi connectivity index (χ3v) is 4.66. The van der Waals surface area contributed by atoms with Crippen molar-refractivity contribution in [1.82, 2.24) is 25.2 Å². The quantitative estimate of drug-likeness (QED) is 0.340. The summed E-state index contributed by atoms with van der Waals surface area (Å²) in [7, 11) is 3.58. The van der Waals surface area contributed by atoms with Crippen LogP contribution in [-0.4, -0.2) is 90.9 Å². The highest BCUT2D eigenvalue weighted by molar-refractivity contribution is 14.0. The largest absolute Gasteiger partial charge is 0.444 e. The topological polar surface area (TPSA) is 86.4 Å². The number of aromatic nitrogens is 1. The number of hydrogen-bond donors (Lipinski definition) is 1. The average Bonchev–Trinajstić information content (AvgIpc) is 3.15. The van der Waals surface area contributed by atoms with Gasteiger partial charge in [-0.25, -0.2) is 4.79 Å². The fourth-order valence-electron chi connectivity index (χ4n) is 3.21. The van der Waals surface area contributed by atoms with Gasteiger partial charge in [-0.15, -0.1) is 24.0 Å². The van der Waals surface area contributed by atoms with Gasteiger partial charge in [0, 0.05) is 66.0 Å². The fraction of sp³-hybridized carbons (Fsp3) is 0.750. The lowest BCUT2D eigenvalue weighted by molar-refractivity contribution is 0.0277. The van der Waals surface area contributed by atoms with Crippen molar-refractivity contribution >= 4 is 36.0 Å². The third kappa shape index (κ3) is 9.07. The first-order valence-corrected chi connectivity index (χ1v) is 10.2. The molecule has 0 radical (unpaired) electrons. The van der Waals surface area contributed by atoms with Crippen molar-refractivity contribution in [3.8, 4) is 0 Å². The van der Waals surface area contributed by atoms with Gasteiger partial charge in [-0.3, -0.25) is 9.89 Å². The van der Waals surface area contributed by atoms with E-state index in [0.717, 1.165) is 50.9 Å². The third-order valence-electron chi connectivity index (χ3n) is 4.66. The standard InChI is InChI=1S/C20H36N6O3.HI/c1-16(14-24(6)19(27)29-20(2,3)4)13-22-18(21-5)26-10-8-25(9-11-26)15-17-7-12-28-23-17;/h7,12,16H,8-11,13-15H2,1-6H3,(H,21,22);1H. The van der Waals surface area contributed by atoms with Crippen LogP contribution in [0.1, 0.15) is 33.4 Å². The van der Waals surface area contributed by atoms with Crippen LogP contribution in [0.2, 0.25) is 0 Å². The van der Waals surface area contributed by atoms with Gasteiger partial charge in [-0.05, 0) is 26.7 Å². The number of aliphatic imine (C=N–C) groups is 1. The molecule has 10 heteroatoms. The first-order chi connectivity index (χ1) is 13.7. The van der Waals surface area contributed by atoms with Gasteiger partial charge < -0.3 is 24.4 Å².